The molecule has 3 heteroatoms. The summed E-state index contributed by atoms with van der Waals surface area (Å²) in [6.07, 6.45) is 7.31. The van der Waals surface area contributed by atoms with E-state index in [4.69, 9.17) is 0 Å². The second kappa shape index (κ2) is 8.84. The third-order valence-electron chi connectivity index (χ3n) is 3.32. The second-order valence-electron chi connectivity index (χ2n) is 4.83. The summed E-state index contributed by atoms with van der Waals surface area (Å²) in [4.78, 5) is 8.08. The van der Waals surface area contributed by atoms with Gasteiger partial charge in [0.15, 0.2) is 0 Å². The number of pyridine rings is 2. The van der Waals surface area contributed by atoms with Crippen LogP contribution in [0, 0.1) is 0 Å². The van der Waals surface area contributed by atoms with Gasteiger partial charge in [-0.3, -0.25) is 0 Å². The molecule has 0 N–H and O–H groups in total. The fourth-order valence-corrected chi connectivity index (χ4v) is 2.20. The zero-order valence-corrected chi connectivity index (χ0v) is 13.6. The van der Waals surface area contributed by atoms with E-state index in [1.54, 1.807) is 12.4 Å². The van der Waals surface area contributed by atoms with E-state index in [9.17, 15) is 0 Å². The van der Waals surface area contributed by atoms with Crippen molar-refractivity contribution in [3.05, 3.63) is 97.6 Å². The maximum absolute atomic E-state index is 4.04. The second-order valence-corrected chi connectivity index (χ2v) is 4.83. The van der Waals surface area contributed by atoms with Crippen molar-refractivity contribution in [1.82, 2.24) is 9.97 Å². The molecule has 4 aromatic rings. The Morgan fingerprint density at radius 3 is 1.26 bits per heavy atom. The Kier molecular flexibility index (Phi) is 6.49. The molecule has 0 saturated carbocycles. The van der Waals surface area contributed by atoms with Crippen LogP contribution in [0.1, 0.15) is 0 Å². The van der Waals surface area contributed by atoms with Crippen LogP contribution in [0.15, 0.2) is 97.6 Å². The van der Waals surface area contributed by atoms with Crippen molar-refractivity contribution in [2.75, 3.05) is 0 Å². The zero-order valence-electron chi connectivity index (χ0n) is 12.5. The molecule has 0 fully saturated rings. The average molecular weight is 340 g/mol. The SMILES string of the molecule is [Fe+2].c1cncc(-[c-]2cccc2)c1.c1cncc(-[c-]2cccc2)c1. The van der Waals surface area contributed by atoms with Gasteiger partial charge in [0.1, 0.15) is 0 Å². The van der Waals surface area contributed by atoms with E-state index >= 15 is 0 Å². The van der Waals surface area contributed by atoms with E-state index < -0.39 is 0 Å². The fraction of sp³-hybridized carbons (Fsp3) is 0. The van der Waals surface area contributed by atoms with Gasteiger partial charge in [0, 0.05) is 12.4 Å². The first kappa shape index (κ1) is 16.9. The van der Waals surface area contributed by atoms with E-state index in [1.807, 2.05) is 48.8 Å². The largest absolute Gasteiger partial charge is 2.00 e. The van der Waals surface area contributed by atoms with Crippen molar-refractivity contribution in [2.45, 2.75) is 0 Å². The molecule has 2 heterocycles. The molecule has 0 aliphatic carbocycles. The van der Waals surface area contributed by atoms with Crippen molar-refractivity contribution in [1.29, 1.82) is 0 Å². The fourth-order valence-electron chi connectivity index (χ4n) is 2.20. The molecule has 0 amide bonds. The molecular weight excluding hydrogens is 324 g/mol. The van der Waals surface area contributed by atoms with Gasteiger partial charge in [-0.1, -0.05) is 34.4 Å². The molecule has 23 heavy (non-hydrogen) atoms. The van der Waals surface area contributed by atoms with Crippen LogP contribution < -0.4 is 0 Å². The number of rotatable bonds is 2. The first-order chi connectivity index (χ1) is 10.9. The summed E-state index contributed by atoms with van der Waals surface area (Å²) in [7, 11) is 0. The smallest absolute Gasteiger partial charge is 0.303 e. The number of hydrogen-bond acceptors (Lipinski definition) is 2. The van der Waals surface area contributed by atoms with Crippen LogP contribution in [-0.2, 0) is 17.1 Å². The summed E-state index contributed by atoms with van der Waals surface area (Å²) in [6.45, 7) is 0. The van der Waals surface area contributed by atoms with Crippen molar-refractivity contribution >= 4 is 0 Å². The monoisotopic (exact) mass is 340 g/mol. The van der Waals surface area contributed by atoms with Gasteiger partial charge >= 0.3 is 17.1 Å². The maximum Gasteiger partial charge on any atom is 2.00 e. The summed E-state index contributed by atoms with van der Waals surface area (Å²) >= 11 is 0. The van der Waals surface area contributed by atoms with Crippen LogP contribution in [0.25, 0.3) is 22.3 Å². The summed E-state index contributed by atoms with van der Waals surface area (Å²) in [5.74, 6) is 0. The van der Waals surface area contributed by atoms with Crippen LogP contribution in [0.2, 0.25) is 0 Å². The van der Waals surface area contributed by atoms with Crippen LogP contribution in [0.3, 0.4) is 0 Å². The van der Waals surface area contributed by atoms with E-state index in [0.717, 1.165) is 0 Å². The van der Waals surface area contributed by atoms with Gasteiger partial charge in [0.05, 0.1) is 0 Å². The molecule has 0 spiro atoms. The Labute approximate surface area is 147 Å². The molecule has 0 saturated heterocycles. The molecule has 0 radical (unpaired) electrons. The Bertz CT molecular complexity index is 691. The van der Waals surface area contributed by atoms with E-state index in [0.29, 0.717) is 0 Å². The Morgan fingerprint density at radius 2 is 0.957 bits per heavy atom. The number of aromatic nitrogens is 2. The summed E-state index contributed by atoms with van der Waals surface area (Å²) in [5.41, 5.74) is 4.83. The minimum Gasteiger partial charge on any atom is -0.303 e. The third-order valence-corrected chi connectivity index (χ3v) is 3.32. The van der Waals surface area contributed by atoms with Gasteiger partial charge in [-0.25, -0.2) is 0 Å². The molecule has 0 unspecified atom stereocenters. The first-order valence-corrected chi connectivity index (χ1v) is 7.18. The minimum atomic E-state index is 0. The number of nitrogens with zero attached hydrogens (tertiary/aromatic N) is 2. The van der Waals surface area contributed by atoms with Gasteiger partial charge < -0.3 is 9.97 Å². The topological polar surface area (TPSA) is 25.8 Å². The normalized spacial score (nSPS) is 9.39. The number of hydrogen-bond donors (Lipinski definition) is 0. The maximum atomic E-state index is 4.04. The third kappa shape index (κ3) is 4.75. The molecular formula is C20H16FeN2. The standard InChI is InChI=1S/2C10H8N.Fe/c2*1-2-5-9(4-1)10-6-3-7-11-8-10;/h2*1-8H;/q2*-1;+2. The van der Waals surface area contributed by atoms with Gasteiger partial charge in [-0.15, -0.1) is 36.4 Å². The molecule has 0 aliphatic heterocycles. The molecule has 2 aromatic carbocycles. The molecule has 0 bridgehead atoms. The Balaban J connectivity index is 0.000000160. The van der Waals surface area contributed by atoms with Gasteiger partial charge in [-0.05, 0) is 12.4 Å². The van der Waals surface area contributed by atoms with Crippen molar-refractivity contribution in [3.63, 3.8) is 0 Å². The van der Waals surface area contributed by atoms with Gasteiger partial charge in [-0.2, -0.15) is 24.3 Å². The van der Waals surface area contributed by atoms with Crippen LogP contribution >= 0.6 is 0 Å². The first-order valence-electron chi connectivity index (χ1n) is 7.18. The molecule has 0 aliphatic rings. The zero-order chi connectivity index (χ0) is 15.0. The van der Waals surface area contributed by atoms with Crippen LogP contribution in [-0.4, -0.2) is 9.97 Å². The predicted octanol–water partition coefficient (Wildman–Crippen LogP) is 4.93. The summed E-state index contributed by atoms with van der Waals surface area (Å²) in [5, 5.41) is 0. The summed E-state index contributed by atoms with van der Waals surface area (Å²) in [6, 6.07) is 24.5. The van der Waals surface area contributed by atoms with Crippen molar-refractivity contribution in [3.8, 4) is 22.3 Å². The van der Waals surface area contributed by atoms with Crippen molar-refractivity contribution < 1.29 is 17.1 Å². The molecule has 0 atom stereocenters. The van der Waals surface area contributed by atoms with E-state index in [1.165, 1.54) is 22.3 Å². The average Bonchev–Trinajstić information content (AvgIpc) is 3.31. The summed E-state index contributed by atoms with van der Waals surface area (Å²) < 4.78 is 0. The molecule has 2 nitrogen and oxygen atoms in total. The molecule has 2 aromatic heterocycles. The van der Waals surface area contributed by atoms with Gasteiger partial charge in [0.2, 0.25) is 0 Å². The Hall–Kier alpha value is -2.48. The van der Waals surface area contributed by atoms with Gasteiger partial charge in [0.25, 0.3) is 0 Å². The minimum absolute atomic E-state index is 0. The predicted molar refractivity (Wildman–Crippen MR) is 90.5 cm³/mol. The van der Waals surface area contributed by atoms with E-state index in [2.05, 4.69) is 46.4 Å². The van der Waals surface area contributed by atoms with Crippen LogP contribution in [0.5, 0.6) is 0 Å². The van der Waals surface area contributed by atoms with Crippen molar-refractivity contribution in [2.24, 2.45) is 0 Å². The molecule has 4 rings (SSSR count). The molecule has 114 valence electrons. The van der Waals surface area contributed by atoms with Crippen LogP contribution in [0.4, 0.5) is 0 Å². The Morgan fingerprint density at radius 1 is 0.565 bits per heavy atom. The quantitative estimate of drug-likeness (QED) is 0.382. The van der Waals surface area contributed by atoms with E-state index in [-0.39, 0.29) is 17.1 Å².